The molecule has 0 spiro atoms. The largest absolute Gasteiger partial charge is 0.481 e. The smallest absolute Gasteiger partial charge is 0.326 e. The van der Waals surface area contributed by atoms with Crippen LogP contribution in [0.3, 0.4) is 0 Å². The van der Waals surface area contributed by atoms with Crippen molar-refractivity contribution in [1.82, 2.24) is 25.9 Å². The summed E-state index contributed by atoms with van der Waals surface area (Å²) in [5.41, 5.74) is 17.0. The lowest BCUT2D eigenvalue weighted by atomic mass is 10.1. The second-order valence-corrected chi connectivity index (χ2v) is 9.56. The van der Waals surface area contributed by atoms with Crippen molar-refractivity contribution in [2.45, 2.75) is 62.7 Å². The molecule has 3 amide bonds. The first kappa shape index (κ1) is 33.2. The zero-order valence-corrected chi connectivity index (χ0v) is 22.4. The van der Waals surface area contributed by atoms with Gasteiger partial charge in [-0.25, -0.2) is 9.78 Å². The standard InChI is InChI=1S/C22H37N9O7S/c1-39-8-6-14(29-18(34)13(23)3-2-7-27-22(24)25)19(35)31-16(9-12-10-26-11-28-12)20(36)30-15(21(37)38)4-5-17(32)33/h10-11,13-16H,2-9,23H2,1H3,(H,26,28)(H,29,34)(H,30,36)(H,31,35)(H,32,33)(H,37,38)(H4,24,25,27). The molecule has 4 unspecified atom stereocenters. The number of hydrogen-bond donors (Lipinski definition) is 9. The average molecular weight is 572 g/mol. The highest BCUT2D eigenvalue weighted by Gasteiger charge is 2.30. The number of thioether (sulfide) groups is 1. The van der Waals surface area contributed by atoms with E-state index in [4.69, 9.17) is 22.3 Å². The zero-order valence-electron chi connectivity index (χ0n) is 21.6. The van der Waals surface area contributed by atoms with Crippen LogP contribution in [0.5, 0.6) is 0 Å². The summed E-state index contributed by atoms with van der Waals surface area (Å²) >= 11 is 1.44. The van der Waals surface area contributed by atoms with E-state index in [1.165, 1.54) is 24.3 Å². The molecule has 0 aliphatic carbocycles. The van der Waals surface area contributed by atoms with Crippen LogP contribution in [0.4, 0.5) is 0 Å². The number of aliphatic imine (C=N–C) groups is 1. The van der Waals surface area contributed by atoms with E-state index in [0.717, 1.165) is 0 Å². The SMILES string of the molecule is CSCCC(NC(=O)C(N)CCCN=C(N)N)C(=O)NC(Cc1cnc[nH]1)C(=O)NC(CCC(=O)O)C(=O)O. The van der Waals surface area contributed by atoms with Crippen LogP contribution in [0.15, 0.2) is 17.5 Å². The number of carbonyl (C=O) groups is 5. The average Bonchev–Trinajstić information content (AvgIpc) is 3.38. The Kier molecular flexibility index (Phi) is 15.0. The van der Waals surface area contributed by atoms with E-state index in [9.17, 15) is 29.1 Å². The Morgan fingerprint density at radius 1 is 1.00 bits per heavy atom. The summed E-state index contributed by atoms with van der Waals surface area (Å²) in [4.78, 5) is 71.8. The Morgan fingerprint density at radius 3 is 2.21 bits per heavy atom. The van der Waals surface area contributed by atoms with E-state index >= 15 is 0 Å². The first-order valence-corrected chi connectivity index (χ1v) is 13.5. The van der Waals surface area contributed by atoms with Crippen molar-refractivity contribution in [1.29, 1.82) is 0 Å². The molecule has 0 saturated heterocycles. The Hall–Kier alpha value is -3.86. The Bertz CT molecular complexity index is 987. The van der Waals surface area contributed by atoms with Gasteiger partial charge in [0.05, 0.1) is 12.4 Å². The van der Waals surface area contributed by atoms with E-state index in [0.29, 0.717) is 17.9 Å². The van der Waals surface area contributed by atoms with Gasteiger partial charge in [0.25, 0.3) is 0 Å². The van der Waals surface area contributed by atoms with Gasteiger partial charge in [-0.1, -0.05) is 0 Å². The van der Waals surface area contributed by atoms with Gasteiger partial charge in [-0.3, -0.25) is 24.2 Å². The lowest BCUT2D eigenvalue weighted by molar-refractivity contribution is -0.143. The molecule has 0 aliphatic heterocycles. The van der Waals surface area contributed by atoms with Crippen LogP contribution in [-0.4, -0.2) is 98.5 Å². The molecule has 16 nitrogen and oxygen atoms in total. The third kappa shape index (κ3) is 13.5. The fraction of sp³-hybridized carbons (Fsp3) is 0.591. The summed E-state index contributed by atoms with van der Waals surface area (Å²) in [6.45, 7) is 0.286. The molecule has 0 fully saturated rings. The lowest BCUT2D eigenvalue weighted by Crippen LogP contribution is -2.57. The minimum atomic E-state index is -1.49. The molecule has 1 aromatic rings. The van der Waals surface area contributed by atoms with E-state index in [2.05, 4.69) is 30.9 Å². The minimum Gasteiger partial charge on any atom is -0.481 e. The number of rotatable bonds is 19. The Labute approximate surface area is 229 Å². The molecule has 0 aliphatic rings. The predicted molar refractivity (Wildman–Crippen MR) is 143 cm³/mol. The molecular formula is C22H37N9O7S. The highest BCUT2D eigenvalue weighted by molar-refractivity contribution is 7.98. The van der Waals surface area contributed by atoms with Crippen molar-refractivity contribution in [2.75, 3.05) is 18.6 Å². The monoisotopic (exact) mass is 571 g/mol. The number of aromatic nitrogens is 2. The van der Waals surface area contributed by atoms with Gasteiger partial charge in [-0.2, -0.15) is 11.8 Å². The van der Waals surface area contributed by atoms with Crippen molar-refractivity contribution >= 4 is 47.4 Å². The molecule has 1 rings (SSSR count). The maximum absolute atomic E-state index is 13.2. The maximum atomic E-state index is 13.2. The number of imidazole rings is 1. The Balaban J connectivity index is 2.97. The van der Waals surface area contributed by atoms with Gasteiger partial charge in [0, 0.05) is 31.3 Å². The third-order valence-electron chi connectivity index (χ3n) is 5.42. The maximum Gasteiger partial charge on any atom is 0.326 e. The van der Waals surface area contributed by atoms with Crippen LogP contribution in [0.1, 0.15) is 37.8 Å². The van der Waals surface area contributed by atoms with Crippen LogP contribution in [0, 0.1) is 0 Å². The van der Waals surface area contributed by atoms with Gasteiger partial charge in [-0.15, -0.1) is 0 Å². The summed E-state index contributed by atoms with van der Waals surface area (Å²) in [5, 5.41) is 25.7. The van der Waals surface area contributed by atoms with Crippen LogP contribution < -0.4 is 33.2 Å². The van der Waals surface area contributed by atoms with E-state index in [1.807, 2.05) is 6.26 Å². The van der Waals surface area contributed by atoms with Crippen molar-refractivity contribution in [3.05, 3.63) is 18.2 Å². The van der Waals surface area contributed by atoms with Crippen molar-refractivity contribution in [3.63, 3.8) is 0 Å². The molecule has 0 aromatic carbocycles. The normalized spacial score (nSPS) is 13.8. The second-order valence-electron chi connectivity index (χ2n) is 8.57. The van der Waals surface area contributed by atoms with Gasteiger partial charge in [-0.05, 0) is 37.7 Å². The zero-order chi connectivity index (χ0) is 29.4. The van der Waals surface area contributed by atoms with E-state index in [-0.39, 0.29) is 38.2 Å². The molecule has 0 saturated carbocycles. The number of guanidine groups is 1. The molecular weight excluding hydrogens is 534 g/mol. The third-order valence-corrected chi connectivity index (χ3v) is 6.07. The van der Waals surface area contributed by atoms with Crippen molar-refractivity contribution in [3.8, 4) is 0 Å². The van der Waals surface area contributed by atoms with Gasteiger partial charge in [0.2, 0.25) is 17.7 Å². The highest BCUT2D eigenvalue weighted by atomic mass is 32.2. The second kappa shape index (κ2) is 17.6. The summed E-state index contributed by atoms with van der Waals surface area (Å²) in [6, 6.07) is -4.71. The van der Waals surface area contributed by atoms with Crippen LogP contribution >= 0.6 is 11.8 Å². The fourth-order valence-corrected chi connectivity index (χ4v) is 3.80. The summed E-state index contributed by atoms with van der Waals surface area (Å²) < 4.78 is 0. The fourth-order valence-electron chi connectivity index (χ4n) is 3.33. The molecule has 1 heterocycles. The number of amides is 3. The number of carboxylic acid groups (broad SMARTS) is 2. The number of hydrogen-bond acceptors (Lipinski definition) is 9. The Morgan fingerprint density at radius 2 is 1.64 bits per heavy atom. The van der Waals surface area contributed by atoms with Crippen LogP contribution in [0.2, 0.25) is 0 Å². The molecule has 0 radical (unpaired) electrons. The molecule has 218 valence electrons. The molecule has 0 bridgehead atoms. The van der Waals surface area contributed by atoms with Crippen molar-refractivity contribution in [2.24, 2.45) is 22.2 Å². The first-order chi connectivity index (χ1) is 18.4. The van der Waals surface area contributed by atoms with Gasteiger partial charge in [0.1, 0.15) is 18.1 Å². The number of carboxylic acids is 2. The number of aromatic amines is 1. The quantitative estimate of drug-likeness (QED) is 0.0473. The number of nitrogens with zero attached hydrogens (tertiary/aromatic N) is 2. The van der Waals surface area contributed by atoms with Gasteiger partial charge < -0.3 is 48.3 Å². The number of aliphatic carboxylic acids is 2. The van der Waals surface area contributed by atoms with Crippen LogP contribution in [-0.2, 0) is 30.4 Å². The van der Waals surface area contributed by atoms with Crippen molar-refractivity contribution < 1.29 is 34.2 Å². The van der Waals surface area contributed by atoms with E-state index < -0.39 is 60.2 Å². The summed E-state index contributed by atoms with van der Waals surface area (Å²) in [7, 11) is 0. The predicted octanol–water partition coefficient (Wildman–Crippen LogP) is -2.51. The molecule has 17 heteroatoms. The lowest BCUT2D eigenvalue weighted by Gasteiger charge is -2.25. The molecule has 1 aromatic heterocycles. The topological polar surface area (TPSA) is 281 Å². The highest BCUT2D eigenvalue weighted by Crippen LogP contribution is 2.07. The molecule has 39 heavy (non-hydrogen) atoms. The van der Waals surface area contributed by atoms with Gasteiger partial charge >= 0.3 is 11.9 Å². The summed E-state index contributed by atoms with van der Waals surface area (Å²) in [6.07, 6.45) is 4.65. The molecule has 12 N–H and O–H groups in total. The molecule has 4 atom stereocenters. The number of nitrogens with two attached hydrogens (primary N) is 3. The van der Waals surface area contributed by atoms with E-state index in [1.54, 1.807) is 0 Å². The number of H-pyrrole nitrogens is 1. The minimum absolute atomic E-state index is 0.0731. The van der Waals surface area contributed by atoms with Gasteiger partial charge in [0.15, 0.2) is 5.96 Å². The number of nitrogens with one attached hydrogen (secondary N) is 4. The first-order valence-electron chi connectivity index (χ1n) is 12.1. The van der Waals surface area contributed by atoms with Crippen LogP contribution in [0.25, 0.3) is 0 Å². The number of carbonyl (C=O) groups excluding carboxylic acids is 3. The summed E-state index contributed by atoms with van der Waals surface area (Å²) in [5.74, 6) is -4.31.